The molecule has 0 saturated carbocycles. The first-order valence-electron chi connectivity index (χ1n) is 7.26. The van der Waals surface area contributed by atoms with Crippen LogP contribution >= 0.6 is 15.9 Å². The van der Waals surface area contributed by atoms with Gasteiger partial charge in [0.15, 0.2) is 23.9 Å². The second-order valence-electron chi connectivity index (χ2n) is 4.91. The Bertz CT molecular complexity index is 770. The molecule has 0 radical (unpaired) electrons. The molecule has 0 aliphatic carbocycles. The third kappa shape index (κ3) is 4.51. The molecule has 132 valence electrons. The second kappa shape index (κ2) is 8.53. The maximum absolute atomic E-state index is 12.3. The Labute approximate surface area is 153 Å². The minimum Gasteiger partial charge on any atom is -0.496 e. The largest absolute Gasteiger partial charge is 0.496 e. The molecule has 0 bridgehead atoms. The molecular formula is C18H17BrO6. The average molecular weight is 409 g/mol. The van der Waals surface area contributed by atoms with Gasteiger partial charge < -0.3 is 18.9 Å². The van der Waals surface area contributed by atoms with Crippen molar-refractivity contribution in [2.75, 3.05) is 27.9 Å². The summed E-state index contributed by atoms with van der Waals surface area (Å²) >= 11 is 3.30. The predicted molar refractivity (Wildman–Crippen MR) is 94.9 cm³/mol. The Hall–Kier alpha value is -2.54. The minimum atomic E-state index is -0.691. The van der Waals surface area contributed by atoms with Crippen molar-refractivity contribution in [1.82, 2.24) is 0 Å². The highest BCUT2D eigenvalue weighted by molar-refractivity contribution is 9.10. The van der Waals surface area contributed by atoms with Gasteiger partial charge in [0.25, 0.3) is 0 Å². The van der Waals surface area contributed by atoms with E-state index < -0.39 is 5.97 Å². The van der Waals surface area contributed by atoms with E-state index in [2.05, 4.69) is 15.9 Å². The molecule has 0 saturated heterocycles. The number of esters is 1. The van der Waals surface area contributed by atoms with Crippen molar-refractivity contribution in [3.8, 4) is 17.2 Å². The smallest absolute Gasteiger partial charge is 0.342 e. The number of ketones is 1. The van der Waals surface area contributed by atoms with Crippen LogP contribution in [0, 0.1) is 0 Å². The summed E-state index contributed by atoms with van der Waals surface area (Å²) in [5.74, 6) is 0.0404. The molecule has 0 N–H and O–H groups in total. The molecule has 0 heterocycles. The summed E-state index contributed by atoms with van der Waals surface area (Å²) in [6.45, 7) is -0.377. The lowest BCUT2D eigenvalue weighted by atomic mass is 10.1. The number of methoxy groups -OCH3 is 3. The molecule has 0 aliphatic rings. The van der Waals surface area contributed by atoms with Gasteiger partial charge in [-0.1, -0.05) is 28.1 Å². The summed E-state index contributed by atoms with van der Waals surface area (Å²) in [7, 11) is 4.35. The van der Waals surface area contributed by atoms with Gasteiger partial charge in [-0.15, -0.1) is 0 Å². The summed E-state index contributed by atoms with van der Waals surface area (Å²) in [6, 6.07) is 9.75. The van der Waals surface area contributed by atoms with Gasteiger partial charge >= 0.3 is 5.97 Å². The number of carbonyl (C=O) groups excluding carboxylic acids is 2. The zero-order valence-electron chi connectivity index (χ0n) is 14.0. The van der Waals surface area contributed by atoms with Gasteiger partial charge in [-0.3, -0.25) is 4.79 Å². The van der Waals surface area contributed by atoms with Gasteiger partial charge in [0.05, 0.1) is 21.3 Å². The lowest BCUT2D eigenvalue weighted by Gasteiger charge is -2.13. The van der Waals surface area contributed by atoms with E-state index in [4.69, 9.17) is 18.9 Å². The zero-order chi connectivity index (χ0) is 18.4. The molecule has 2 rings (SSSR count). The van der Waals surface area contributed by atoms with Gasteiger partial charge in [-0.05, 0) is 12.1 Å². The highest BCUT2D eigenvalue weighted by Crippen LogP contribution is 2.34. The number of ether oxygens (including phenoxy) is 4. The third-order valence-electron chi connectivity index (χ3n) is 3.43. The Morgan fingerprint density at radius 3 is 2.00 bits per heavy atom. The molecule has 0 unspecified atom stereocenters. The summed E-state index contributed by atoms with van der Waals surface area (Å²) in [4.78, 5) is 24.4. The molecule has 6 nitrogen and oxygen atoms in total. The molecule has 0 aliphatic heterocycles. The van der Waals surface area contributed by atoms with Crippen molar-refractivity contribution in [2.45, 2.75) is 0 Å². The van der Waals surface area contributed by atoms with E-state index in [1.807, 2.05) is 0 Å². The molecular weight excluding hydrogens is 392 g/mol. The Morgan fingerprint density at radius 1 is 0.880 bits per heavy atom. The van der Waals surface area contributed by atoms with E-state index in [0.29, 0.717) is 17.1 Å². The number of benzene rings is 2. The van der Waals surface area contributed by atoms with Crippen LogP contribution in [-0.2, 0) is 4.74 Å². The average Bonchev–Trinajstić information content (AvgIpc) is 2.65. The number of hydrogen-bond acceptors (Lipinski definition) is 6. The fourth-order valence-electron chi connectivity index (χ4n) is 2.12. The normalized spacial score (nSPS) is 10.1. The fraction of sp³-hybridized carbons (Fsp3) is 0.222. The van der Waals surface area contributed by atoms with Gasteiger partial charge in [-0.25, -0.2) is 4.79 Å². The van der Waals surface area contributed by atoms with Crippen LogP contribution in [-0.4, -0.2) is 39.7 Å². The number of Topliss-reactive ketones (excluding diaryl/α,β-unsaturated/α-hetero) is 1. The molecule has 7 heteroatoms. The Balaban J connectivity index is 2.14. The standard InChI is InChI=1S/C18H17BrO6/c1-22-15-9-17(24-3)16(23-2)8-13(15)18(21)25-10-14(20)11-4-6-12(19)7-5-11/h4-9H,10H2,1-3H3. The molecule has 0 aromatic heterocycles. The van der Waals surface area contributed by atoms with Crippen LogP contribution in [0.1, 0.15) is 20.7 Å². The van der Waals surface area contributed by atoms with Gasteiger partial charge in [-0.2, -0.15) is 0 Å². The SMILES string of the molecule is COc1cc(OC)c(C(=O)OCC(=O)c2ccc(Br)cc2)cc1OC. The highest BCUT2D eigenvalue weighted by atomic mass is 79.9. The van der Waals surface area contributed by atoms with Crippen molar-refractivity contribution < 1.29 is 28.5 Å². The van der Waals surface area contributed by atoms with Crippen molar-refractivity contribution in [1.29, 1.82) is 0 Å². The van der Waals surface area contributed by atoms with E-state index in [1.54, 1.807) is 24.3 Å². The summed E-state index contributed by atoms with van der Waals surface area (Å²) in [6.07, 6.45) is 0. The van der Waals surface area contributed by atoms with Gasteiger partial charge in [0, 0.05) is 22.2 Å². The maximum atomic E-state index is 12.3. The highest BCUT2D eigenvalue weighted by Gasteiger charge is 2.20. The number of carbonyl (C=O) groups is 2. The third-order valence-corrected chi connectivity index (χ3v) is 3.95. The van der Waals surface area contributed by atoms with Crippen LogP contribution in [0.25, 0.3) is 0 Å². The first kappa shape index (κ1) is 18.8. The van der Waals surface area contributed by atoms with Crippen LogP contribution in [0.2, 0.25) is 0 Å². The minimum absolute atomic E-state index is 0.142. The summed E-state index contributed by atoms with van der Waals surface area (Å²) < 4.78 is 21.5. The molecule has 0 fully saturated rings. The monoisotopic (exact) mass is 408 g/mol. The lowest BCUT2D eigenvalue weighted by Crippen LogP contribution is -2.15. The van der Waals surface area contributed by atoms with Crippen LogP contribution in [0.3, 0.4) is 0 Å². The van der Waals surface area contributed by atoms with Crippen LogP contribution in [0.5, 0.6) is 17.2 Å². The molecule has 25 heavy (non-hydrogen) atoms. The van der Waals surface area contributed by atoms with Gasteiger partial charge in [0.2, 0.25) is 0 Å². The fourth-order valence-corrected chi connectivity index (χ4v) is 2.38. The van der Waals surface area contributed by atoms with Crippen molar-refractivity contribution in [2.24, 2.45) is 0 Å². The van der Waals surface area contributed by atoms with Gasteiger partial charge in [0.1, 0.15) is 11.3 Å². The van der Waals surface area contributed by atoms with Crippen molar-refractivity contribution in [3.05, 3.63) is 52.0 Å². The molecule has 0 atom stereocenters. The first-order valence-corrected chi connectivity index (χ1v) is 8.05. The number of rotatable bonds is 7. The van der Waals surface area contributed by atoms with Crippen molar-refractivity contribution >= 4 is 27.7 Å². The maximum Gasteiger partial charge on any atom is 0.342 e. The molecule has 2 aromatic carbocycles. The summed E-state index contributed by atoms with van der Waals surface area (Å²) in [5.41, 5.74) is 0.596. The van der Waals surface area contributed by atoms with E-state index >= 15 is 0 Å². The van der Waals surface area contributed by atoms with E-state index in [-0.39, 0.29) is 23.7 Å². The predicted octanol–water partition coefficient (Wildman–Crippen LogP) is 3.51. The summed E-state index contributed by atoms with van der Waals surface area (Å²) in [5, 5.41) is 0. The van der Waals surface area contributed by atoms with E-state index in [9.17, 15) is 9.59 Å². The van der Waals surface area contributed by atoms with Crippen LogP contribution in [0.4, 0.5) is 0 Å². The number of hydrogen-bond donors (Lipinski definition) is 0. The van der Waals surface area contributed by atoms with Crippen LogP contribution in [0.15, 0.2) is 40.9 Å². The van der Waals surface area contributed by atoms with Crippen LogP contribution < -0.4 is 14.2 Å². The number of halogens is 1. The lowest BCUT2D eigenvalue weighted by molar-refractivity contribution is 0.0471. The molecule has 2 aromatic rings. The van der Waals surface area contributed by atoms with Crippen molar-refractivity contribution in [3.63, 3.8) is 0 Å². The Morgan fingerprint density at radius 2 is 1.44 bits per heavy atom. The molecule has 0 amide bonds. The quantitative estimate of drug-likeness (QED) is 0.515. The topological polar surface area (TPSA) is 71.1 Å². The second-order valence-corrected chi connectivity index (χ2v) is 5.83. The van der Waals surface area contributed by atoms with E-state index in [1.165, 1.54) is 33.5 Å². The molecule has 0 spiro atoms. The van der Waals surface area contributed by atoms with E-state index in [0.717, 1.165) is 4.47 Å². The Kier molecular flexibility index (Phi) is 6.41. The zero-order valence-corrected chi connectivity index (χ0v) is 15.6. The first-order chi connectivity index (χ1) is 12.0.